The highest BCUT2D eigenvalue weighted by atomic mass is 32.1. The van der Waals surface area contributed by atoms with Crippen molar-refractivity contribution >= 4 is 27.6 Å². The van der Waals surface area contributed by atoms with Crippen molar-refractivity contribution in [1.82, 2.24) is 19.8 Å². The quantitative estimate of drug-likeness (QED) is 0.766. The maximum atomic E-state index is 13.4. The number of aromatic nitrogens is 2. The Hall–Kier alpha value is -1.93. The molecule has 2 N–H and O–H groups in total. The van der Waals surface area contributed by atoms with Crippen LogP contribution in [0, 0.1) is 5.89 Å². The molecule has 0 spiro atoms. The van der Waals surface area contributed by atoms with Crippen LogP contribution in [0.5, 0.6) is 5.75 Å². The molecular weight excluding hydrogens is 364 g/mol. The molecule has 2 aromatic heterocycles. The van der Waals surface area contributed by atoms with E-state index in [-0.39, 0.29) is 10.2 Å². The summed E-state index contributed by atoms with van der Waals surface area (Å²) < 4.78 is 138. The van der Waals surface area contributed by atoms with E-state index in [4.69, 9.17) is 23.3 Å². The van der Waals surface area contributed by atoms with E-state index in [0.717, 1.165) is 6.92 Å². The molecule has 0 aliphatic carbocycles. The molecule has 1 aliphatic heterocycles. The molecule has 27 heavy (non-hydrogen) atoms. The summed E-state index contributed by atoms with van der Waals surface area (Å²) in [6.07, 6.45) is -8.18. The average molecular weight is 410 g/mol. The second-order valence-corrected chi connectivity index (χ2v) is 6.19. The summed E-state index contributed by atoms with van der Waals surface area (Å²) in [7, 11) is 0. The number of hydrogen-bond donors (Lipinski definition) is 2. The standard InChI is InChI=1S/C19H28N4O3S/c1-12(2)23-18(26)14(16(24)15-19(23)27-11-21-15)17(25)20-7-5-9-22-8-4-6-13(3)10-22/h11-13,24H,4-10H2,1-3H3,(H,20,25)/i1D3,4D2,6D2,7D,8D2,9D,10D2,11D,12D,13D/hD. The van der Waals surface area contributed by atoms with E-state index in [1.54, 1.807) is 0 Å². The number of pyridine rings is 1. The SMILES string of the molecule is [2H]c1nc2c(O)c(C(=O)N([2H])C([2H])CC([2H])N3C([2H])([2H])C([2H])([2H])C([2H])([2H])C([2H])(C)C3([2H])[2H])c(=O)n(C([2H])(C)C([2H])([2H])[2H])c2s1. The monoisotopic (exact) mass is 409 g/mol. The second-order valence-electron chi connectivity index (χ2n) is 5.41. The Kier molecular flexibility index (Phi) is 2.32. The number of carbonyl (C=O) groups excluding carboxylic acids is 1. The first-order valence-electron chi connectivity index (χ1n) is 16.3. The Bertz CT molecular complexity index is 1510. The highest BCUT2D eigenvalue weighted by Gasteiger charge is 2.24. The minimum absolute atomic E-state index is 0.0996. The van der Waals surface area contributed by atoms with Crippen molar-refractivity contribution in [2.45, 2.75) is 45.9 Å². The fraction of sp³-hybridized carbons (Fsp3) is 0.632. The molecule has 7 nitrogen and oxygen atoms in total. The number of piperidine rings is 1. The zero-order chi connectivity index (χ0) is 34.5. The first-order chi connectivity index (χ1) is 19.4. The lowest BCUT2D eigenvalue weighted by atomic mass is 10.0. The molecule has 1 amide bonds. The lowest BCUT2D eigenvalue weighted by molar-refractivity contribution is 0.0945. The van der Waals surface area contributed by atoms with E-state index >= 15 is 0 Å². The number of likely N-dealkylation sites (tertiary alicyclic amines) is 1. The van der Waals surface area contributed by atoms with Gasteiger partial charge in [-0.05, 0) is 51.9 Å². The van der Waals surface area contributed by atoms with Crippen LogP contribution in [0.1, 0.15) is 78.2 Å². The summed E-state index contributed by atoms with van der Waals surface area (Å²) in [5, 5.41) is 10.5. The number of hydrogen-bond acceptors (Lipinski definition) is 6. The average Bonchev–Trinajstić information content (AvgIpc) is 3.22. The summed E-state index contributed by atoms with van der Waals surface area (Å²) in [4.78, 5) is 29.9. The normalized spacial score (nSPS) is 42.7. The molecule has 1 saturated heterocycles. The van der Waals surface area contributed by atoms with Gasteiger partial charge in [0.1, 0.15) is 15.9 Å². The third-order valence-electron chi connectivity index (χ3n) is 3.45. The van der Waals surface area contributed by atoms with Crippen LogP contribution >= 0.6 is 11.3 Å². The number of amides is 1. The highest BCUT2D eigenvalue weighted by Crippen LogP contribution is 2.29. The van der Waals surface area contributed by atoms with Gasteiger partial charge in [0.2, 0.25) is 0 Å². The molecule has 1 fully saturated rings. The van der Waals surface area contributed by atoms with Crippen molar-refractivity contribution in [3.63, 3.8) is 0 Å². The summed E-state index contributed by atoms with van der Waals surface area (Å²) in [5.74, 6) is -5.99. The molecule has 8 heteroatoms. The maximum absolute atomic E-state index is 13.4. The molecule has 4 atom stereocenters. The summed E-state index contributed by atoms with van der Waals surface area (Å²) in [6.45, 7) is -13.3. The summed E-state index contributed by atoms with van der Waals surface area (Å²) in [5.41, 5.74) is -4.07. The van der Waals surface area contributed by atoms with Gasteiger partial charge >= 0.3 is 0 Å². The van der Waals surface area contributed by atoms with Crippen molar-refractivity contribution in [3.05, 3.63) is 21.4 Å². The van der Waals surface area contributed by atoms with Crippen LogP contribution in [0.25, 0.3) is 10.3 Å². The van der Waals surface area contributed by atoms with Gasteiger partial charge in [-0.15, -0.1) is 11.3 Å². The van der Waals surface area contributed by atoms with Crippen molar-refractivity contribution in [1.29, 1.82) is 0 Å². The third kappa shape index (κ3) is 4.16. The van der Waals surface area contributed by atoms with Crippen LogP contribution in [0.2, 0.25) is 1.41 Å². The molecule has 148 valence electrons. The van der Waals surface area contributed by atoms with Crippen molar-refractivity contribution in [2.75, 3.05) is 26.0 Å². The Morgan fingerprint density at radius 3 is 3.41 bits per heavy atom. The van der Waals surface area contributed by atoms with E-state index in [9.17, 15) is 14.7 Å². The number of rotatable bonds is 6. The van der Waals surface area contributed by atoms with E-state index in [2.05, 4.69) is 4.98 Å². The third-order valence-corrected chi connectivity index (χ3v) is 4.20. The molecule has 0 saturated carbocycles. The van der Waals surface area contributed by atoms with Crippen LogP contribution in [0.4, 0.5) is 0 Å². The van der Waals surface area contributed by atoms with Crippen LogP contribution in [0.3, 0.4) is 0 Å². The zero-order valence-electron chi connectivity index (χ0n) is 31.3. The number of aromatic hydroxyl groups is 1. The molecule has 3 heterocycles. The maximum Gasteiger partial charge on any atom is 0.268 e. The first kappa shape index (κ1) is 7.48. The zero-order valence-corrected chi connectivity index (χ0v) is 15.1. The smallest absolute Gasteiger partial charge is 0.268 e. The Morgan fingerprint density at radius 1 is 1.81 bits per heavy atom. The molecule has 0 radical (unpaired) electrons. The van der Waals surface area contributed by atoms with E-state index in [0.29, 0.717) is 22.8 Å². The topological polar surface area (TPSA) is 87.5 Å². The van der Waals surface area contributed by atoms with Gasteiger partial charge in [-0.3, -0.25) is 14.2 Å². The number of nitrogens with zero attached hydrogens (tertiary/aromatic N) is 3. The number of carbonyl (C=O) groups is 1. The number of nitrogens with one attached hydrogen (secondary N) is 1. The molecular formula is C19H28N4O3S. The second kappa shape index (κ2) is 8.39. The van der Waals surface area contributed by atoms with Crippen LogP contribution in [-0.2, 0) is 0 Å². The number of thiazole rings is 1. The Morgan fingerprint density at radius 2 is 2.63 bits per heavy atom. The minimum Gasteiger partial charge on any atom is -0.505 e. The lowest BCUT2D eigenvalue weighted by Gasteiger charge is -2.30. The predicted octanol–water partition coefficient (Wildman–Crippen LogP) is 2.60. The largest absolute Gasteiger partial charge is 0.505 e. The van der Waals surface area contributed by atoms with Gasteiger partial charge in [0, 0.05) is 38.2 Å². The molecule has 3 rings (SSSR count). The van der Waals surface area contributed by atoms with Gasteiger partial charge in [0.05, 0.1) is 8.23 Å². The summed E-state index contributed by atoms with van der Waals surface area (Å²) in [6, 6.07) is -2.79. The molecule has 1 aliphatic rings. The lowest BCUT2D eigenvalue weighted by Crippen LogP contribution is -2.37. The molecule has 2 aromatic rings. The van der Waals surface area contributed by atoms with Gasteiger partial charge in [-0.25, -0.2) is 4.98 Å². The minimum atomic E-state index is -3.60. The van der Waals surface area contributed by atoms with E-state index in [1.165, 1.54) is 0 Å². The van der Waals surface area contributed by atoms with Crippen LogP contribution < -0.4 is 10.9 Å². The molecule has 0 bridgehead atoms. The van der Waals surface area contributed by atoms with E-state index in [1.807, 2.05) is 0 Å². The van der Waals surface area contributed by atoms with Crippen molar-refractivity contribution in [2.24, 2.45) is 5.89 Å². The fourth-order valence-corrected chi connectivity index (χ4v) is 3.07. The van der Waals surface area contributed by atoms with Crippen LogP contribution in [-0.4, -0.2) is 51.5 Å². The fourth-order valence-electron chi connectivity index (χ4n) is 2.30. The van der Waals surface area contributed by atoms with Crippen molar-refractivity contribution in [3.8, 4) is 5.75 Å². The van der Waals surface area contributed by atoms with Gasteiger partial charge in [0.25, 0.3) is 11.5 Å². The highest BCUT2D eigenvalue weighted by molar-refractivity contribution is 7.16. The van der Waals surface area contributed by atoms with Gasteiger partial charge in [-0.1, -0.05) is 6.92 Å². The number of fused-ring (bicyclic) bond motifs is 1. The summed E-state index contributed by atoms with van der Waals surface area (Å²) >= 11 is 0.414. The van der Waals surface area contributed by atoms with Crippen molar-refractivity contribution < 1.29 is 33.2 Å². The van der Waals surface area contributed by atoms with Gasteiger partial charge in [-0.2, -0.15) is 0 Å². The van der Waals surface area contributed by atoms with Crippen LogP contribution in [0.15, 0.2) is 10.3 Å². The van der Waals surface area contributed by atoms with Gasteiger partial charge < -0.3 is 15.3 Å². The van der Waals surface area contributed by atoms with Gasteiger partial charge in [0.15, 0.2) is 7.16 Å². The Labute approximate surface area is 187 Å². The predicted molar refractivity (Wildman–Crippen MR) is 108 cm³/mol. The molecule has 0 aromatic carbocycles. The molecule has 4 unspecified atom stereocenters. The Balaban J connectivity index is 2.08. The van der Waals surface area contributed by atoms with E-state index < -0.39 is 103 Å². The first-order valence-corrected chi connectivity index (χ1v) is 8.48.